The normalized spacial score (nSPS) is 19.5. The Kier molecular flexibility index (Phi) is 6.07. The number of rotatable bonds is 8. The molecule has 1 atom stereocenters. The predicted octanol–water partition coefficient (Wildman–Crippen LogP) is 5.61. The summed E-state index contributed by atoms with van der Waals surface area (Å²) in [5, 5.41) is 9.14. The number of halogens is 1. The van der Waals surface area contributed by atoms with Crippen molar-refractivity contribution in [3.8, 4) is 29.5 Å². The third kappa shape index (κ3) is 4.42. The number of terminal acetylenes is 1. The van der Waals surface area contributed by atoms with Gasteiger partial charge < -0.3 is 9.30 Å². The van der Waals surface area contributed by atoms with Crippen molar-refractivity contribution in [3.05, 3.63) is 70.0 Å². The highest BCUT2D eigenvalue weighted by Crippen LogP contribution is 2.37. The minimum atomic E-state index is -0.293. The number of nitrogens with zero attached hydrogens (tertiary/aromatic N) is 5. The number of ether oxygens (including phenoxy) is 1. The summed E-state index contributed by atoms with van der Waals surface area (Å²) in [5.41, 5.74) is 6.02. The molecule has 3 aliphatic rings. The lowest BCUT2D eigenvalue weighted by molar-refractivity contribution is 0.178. The maximum Gasteiger partial charge on any atom is 0.195 e. The standard InChI is InChI=1S/C29H30ClN5O/c1-3-4-12-29(32-33-29)13-15-36-23-10-9-20-16-22(17-21(20)18-23)35-14-11-26-27(19-35)34(2)28(31-26)24-7-5-6-8-25(24)30/h1,5-10,18,22H,4,11-17,19H2,2H3. The molecule has 7 heteroatoms. The van der Waals surface area contributed by atoms with E-state index in [4.69, 9.17) is 27.7 Å². The fourth-order valence-electron chi connectivity index (χ4n) is 5.62. The Morgan fingerprint density at radius 1 is 1.14 bits per heavy atom. The lowest BCUT2D eigenvalue weighted by Gasteiger charge is -2.32. The highest BCUT2D eigenvalue weighted by Gasteiger charge is 2.39. The van der Waals surface area contributed by atoms with Crippen LogP contribution in [0.15, 0.2) is 52.7 Å². The molecule has 2 aliphatic heterocycles. The van der Waals surface area contributed by atoms with Crippen LogP contribution in [-0.2, 0) is 32.9 Å². The topological polar surface area (TPSA) is 55.0 Å². The van der Waals surface area contributed by atoms with Crippen LogP contribution in [0.1, 0.15) is 41.8 Å². The number of fused-ring (bicyclic) bond motifs is 2. The van der Waals surface area contributed by atoms with E-state index in [2.05, 4.69) is 50.9 Å². The lowest BCUT2D eigenvalue weighted by Crippen LogP contribution is -2.40. The average Bonchev–Trinajstić information content (AvgIpc) is 3.40. The van der Waals surface area contributed by atoms with E-state index in [1.54, 1.807) is 0 Å². The van der Waals surface area contributed by atoms with Crippen molar-refractivity contribution in [1.29, 1.82) is 0 Å². The number of imidazole rings is 1. The van der Waals surface area contributed by atoms with E-state index in [-0.39, 0.29) is 5.66 Å². The van der Waals surface area contributed by atoms with E-state index in [1.807, 2.05) is 24.3 Å². The highest BCUT2D eigenvalue weighted by atomic mass is 35.5. The molecule has 1 unspecified atom stereocenters. The minimum Gasteiger partial charge on any atom is -0.493 e. The molecule has 0 saturated heterocycles. The first kappa shape index (κ1) is 23.3. The molecule has 0 saturated carbocycles. The van der Waals surface area contributed by atoms with Crippen molar-refractivity contribution in [2.24, 2.45) is 17.3 Å². The van der Waals surface area contributed by atoms with Crippen LogP contribution in [0.2, 0.25) is 5.02 Å². The Morgan fingerprint density at radius 2 is 1.97 bits per heavy atom. The molecule has 1 aliphatic carbocycles. The van der Waals surface area contributed by atoms with E-state index in [9.17, 15) is 0 Å². The monoisotopic (exact) mass is 499 g/mol. The summed E-state index contributed by atoms with van der Waals surface area (Å²) in [6.07, 6.45) is 10.8. The van der Waals surface area contributed by atoms with Gasteiger partial charge in [-0.2, -0.15) is 10.2 Å². The molecule has 0 fully saturated rings. The van der Waals surface area contributed by atoms with Crippen LogP contribution in [0.3, 0.4) is 0 Å². The maximum atomic E-state index is 6.48. The van der Waals surface area contributed by atoms with Crippen LogP contribution in [0.4, 0.5) is 0 Å². The van der Waals surface area contributed by atoms with Gasteiger partial charge in [-0.25, -0.2) is 4.98 Å². The second-order valence-electron chi connectivity index (χ2n) is 10.1. The van der Waals surface area contributed by atoms with Crippen LogP contribution < -0.4 is 4.74 Å². The summed E-state index contributed by atoms with van der Waals surface area (Å²) in [5.74, 6) is 4.56. The molecule has 3 heterocycles. The van der Waals surface area contributed by atoms with E-state index in [1.165, 1.54) is 22.5 Å². The third-order valence-electron chi connectivity index (χ3n) is 7.83. The van der Waals surface area contributed by atoms with E-state index >= 15 is 0 Å². The first-order valence-electron chi connectivity index (χ1n) is 12.7. The fourth-order valence-corrected chi connectivity index (χ4v) is 5.84. The summed E-state index contributed by atoms with van der Waals surface area (Å²) >= 11 is 6.48. The Labute approximate surface area is 217 Å². The maximum absolute atomic E-state index is 6.48. The van der Waals surface area contributed by atoms with Gasteiger partial charge >= 0.3 is 0 Å². The van der Waals surface area contributed by atoms with Crippen molar-refractivity contribution >= 4 is 11.6 Å². The van der Waals surface area contributed by atoms with Crippen LogP contribution in [-0.4, -0.2) is 39.3 Å². The van der Waals surface area contributed by atoms with Crippen molar-refractivity contribution < 1.29 is 4.74 Å². The van der Waals surface area contributed by atoms with Crippen molar-refractivity contribution in [2.75, 3.05) is 13.2 Å². The van der Waals surface area contributed by atoms with E-state index in [0.29, 0.717) is 19.1 Å². The predicted molar refractivity (Wildman–Crippen MR) is 141 cm³/mol. The summed E-state index contributed by atoms with van der Waals surface area (Å²) in [7, 11) is 2.11. The van der Waals surface area contributed by atoms with Gasteiger partial charge in [-0.3, -0.25) is 4.90 Å². The van der Waals surface area contributed by atoms with Gasteiger partial charge in [-0.15, -0.1) is 12.3 Å². The zero-order valence-electron chi connectivity index (χ0n) is 20.6. The molecule has 6 nitrogen and oxygen atoms in total. The summed E-state index contributed by atoms with van der Waals surface area (Å²) in [6, 6.07) is 15.0. The van der Waals surface area contributed by atoms with Crippen LogP contribution in [0.25, 0.3) is 11.4 Å². The van der Waals surface area contributed by atoms with Gasteiger partial charge in [-0.05, 0) is 48.2 Å². The van der Waals surface area contributed by atoms with E-state index < -0.39 is 0 Å². The molecular formula is C29H30ClN5O. The number of aromatic nitrogens is 2. The highest BCUT2D eigenvalue weighted by molar-refractivity contribution is 6.33. The van der Waals surface area contributed by atoms with Crippen LogP contribution in [0, 0.1) is 12.3 Å². The molecule has 0 radical (unpaired) electrons. The Hall–Kier alpha value is -3.14. The molecule has 1 aromatic heterocycles. The van der Waals surface area contributed by atoms with Crippen LogP contribution >= 0.6 is 11.6 Å². The largest absolute Gasteiger partial charge is 0.493 e. The smallest absolute Gasteiger partial charge is 0.195 e. The molecule has 0 N–H and O–H groups in total. The van der Waals surface area contributed by atoms with Crippen molar-refractivity contribution in [1.82, 2.24) is 14.5 Å². The minimum absolute atomic E-state index is 0.293. The van der Waals surface area contributed by atoms with Crippen molar-refractivity contribution in [3.63, 3.8) is 0 Å². The van der Waals surface area contributed by atoms with Crippen LogP contribution in [0.5, 0.6) is 5.75 Å². The molecule has 0 amide bonds. The Morgan fingerprint density at radius 3 is 2.78 bits per heavy atom. The first-order valence-corrected chi connectivity index (χ1v) is 13.1. The zero-order chi connectivity index (χ0) is 24.7. The summed E-state index contributed by atoms with van der Waals surface area (Å²) < 4.78 is 8.30. The Bertz CT molecular complexity index is 1360. The quantitative estimate of drug-likeness (QED) is 0.378. The molecule has 36 heavy (non-hydrogen) atoms. The SMILES string of the molecule is C#CCCC1(CCOc2ccc3c(c2)CC(N2CCc4nc(-c5ccccc5Cl)n(C)c4C2)C3)N=N1. The van der Waals surface area contributed by atoms with Gasteiger partial charge in [0, 0.05) is 57.4 Å². The third-order valence-corrected chi connectivity index (χ3v) is 8.16. The molecule has 0 bridgehead atoms. The Balaban J connectivity index is 1.09. The molecule has 184 valence electrons. The van der Waals surface area contributed by atoms with E-state index in [0.717, 1.165) is 67.4 Å². The second kappa shape index (κ2) is 9.38. The molecule has 3 aromatic rings. The number of hydrogen-bond donors (Lipinski definition) is 0. The number of hydrogen-bond acceptors (Lipinski definition) is 5. The molecule has 2 aromatic carbocycles. The van der Waals surface area contributed by atoms with Crippen molar-refractivity contribution in [2.45, 2.75) is 56.8 Å². The van der Waals surface area contributed by atoms with Gasteiger partial charge in [-0.1, -0.05) is 29.8 Å². The second-order valence-corrected chi connectivity index (χ2v) is 10.5. The summed E-state index contributed by atoms with van der Waals surface area (Å²) in [4.78, 5) is 7.59. The average molecular weight is 500 g/mol. The zero-order valence-corrected chi connectivity index (χ0v) is 21.3. The van der Waals surface area contributed by atoms with Gasteiger partial charge in [0.25, 0.3) is 0 Å². The summed E-state index contributed by atoms with van der Waals surface area (Å²) in [6.45, 7) is 2.54. The van der Waals surface area contributed by atoms with Gasteiger partial charge in [0.2, 0.25) is 0 Å². The fraction of sp³-hybridized carbons (Fsp3) is 0.414. The lowest BCUT2D eigenvalue weighted by atomic mass is 10.1. The van der Waals surface area contributed by atoms with Gasteiger partial charge in [0.15, 0.2) is 5.66 Å². The first-order chi connectivity index (χ1) is 17.5. The number of benzene rings is 2. The van der Waals surface area contributed by atoms with Gasteiger partial charge in [0.1, 0.15) is 11.6 Å². The van der Waals surface area contributed by atoms with Gasteiger partial charge in [0.05, 0.1) is 23.0 Å². The molecule has 6 rings (SSSR count). The molecule has 0 spiro atoms. The molecular weight excluding hydrogens is 470 g/mol.